The Balaban J connectivity index is 1.65. The fourth-order valence-corrected chi connectivity index (χ4v) is 3.54. The summed E-state index contributed by atoms with van der Waals surface area (Å²) in [5, 5.41) is 9.40. The lowest BCUT2D eigenvalue weighted by atomic mass is 9.84. The molecule has 1 atom stereocenters. The van der Waals surface area contributed by atoms with Crippen molar-refractivity contribution in [3.63, 3.8) is 0 Å². The Morgan fingerprint density at radius 1 is 1.27 bits per heavy atom. The van der Waals surface area contributed by atoms with Crippen LogP contribution in [0, 0.1) is 12.8 Å². The maximum Gasteiger partial charge on any atom is 0.172 e. The van der Waals surface area contributed by atoms with E-state index in [1.165, 1.54) is 11.1 Å². The molecule has 1 N–H and O–H groups in total. The van der Waals surface area contributed by atoms with Gasteiger partial charge in [-0.05, 0) is 42.4 Å². The molecule has 3 nitrogen and oxygen atoms in total. The van der Waals surface area contributed by atoms with Crippen LogP contribution in [-0.2, 0) is 22.5 Å². The number of ether oxygens (including phenoxy) is 2. The van der Waals surface area contributed by atoms with Crippen molar-refractivity contribution in [2.45, 2.75) is 51.9 Å². The van der Waals surface area contributed by atoms with E-state index in [1.54, 1.807) is 0 Å². The average Bonchev–Trinajstić information content (AvgIpc) is 2.98. The minimum Gasteiger partial charge on any atom is -0.392 e. The minimum atomic E-state index is -0.322. The summed E-state index contributed by atoms with van der Waals surface area (Å²) in [6.45, 7) is 5.91. The number of aliphatic hydroxyl groups excluding tert-OH is 1. The molecule has 1 spiro atoms. The third kappa shape index (κ3) is 3.27. The predicted octanol–water partition coefficient (Wildman–Crippen LogP) is 3.52. The van der Waals surface area contributed by atoms with Gasteiger partial charge in [0.1, 0.15) is 0 Å². The molecule has 3 heteroatoms. The Morgan fingerprint density at radius 3 is 2.68 bits per heavy atom. The maximum absolute atomic E-state index is 9.40. The highest BCUT2D eigenvalue weighted by molar-refractivity contribution is 5.31. The van der Waals surface area contributed by atoms with Crippen LogP contribution in [0.1, 0.15) is 42.9 Å². The Bertz CT molecular complexity index is 556. The van der Waals surface area contributed by atoms with Crippen LogP contribution >= 0.6 is 0 Å². The summed E-state index contributed by atoms with van der Waals surface area (Å²) in [4.78, 5) is 0. The summed E-state index contributed by atoms with van der Waals surface area (Å²) in [6.07, 6.45) is 6.25. The fourth-order valence-electron chi connectivity index (χ4n) is 3.54. The molecule has 1 unspecified atom stereocenters. The molecule has 1 heterocycles. The van der Waals surface area contributed by atoms with Gasteiger partial charge in [-0.2, -0.15) is 0 Å². The van der Waals surface area contributed by atoms with Gasteiger partial charge in [0, 0.05) is 12.8 Å². The van der Waals surface area contributed by atoms with E-state index in [2.05, 4.69) is 31.2 Å². The Labute approximate surface area is 132 Å². The molecule has 3 rings (SSSR count). The first-order valence-electron chi connectivity index (χ1n) is 8.28. The van der Waals surface area contributed by atoms with Crippen molar-refractivity contribution in [1.29, 1.82) is 0 Å². The van der Waals surface area contributed by atoms with E-state index in [9.17, 15) is 5.11 Å². The van der Waals surface area contributed by atoms with E-state index in [4.69, 9.17) is 9.47 Å². The van der Waals surface area contributed by atoms with Gasteiger partial charge in [0.25, 0.3) is 0 Å². The van der Waals surface area contributed by atoms with Crippen LogP contribution < -0.4 is 0 Å². The lowest BCUT2D eigenvalue weighted by Gasteiger charge is -2.32. The minimum absolute atomic E-state index is 0.119. The van der Waals surface area contributed by atoms with Crippen LogP contribution in [0.5, 0.6) is 0 Å². The molecule has 0 saturated carbocycles. The van der Waals surface area contributed by atoms with Crippen molar-refractivity contribution in [3.05, 3.63) is 46.5 Å². The first-order chi connectivity index (χ1) is 10.6. The number of benzene rings is 1. The van der Waals surface area contributed by atoms with E-state index in [-0.39, 0.29) is 12.4 Å². The van der Waals surface area contributed by atoms with E-state index in [1.807, 2.05) is 6.92 Å². The molecule has 0 aromatic heterocycles. The van der Waals surface area contributed by atoms with E-state index in [0.717, 1.165) is 50.0 Å². The molecule has 2 aliphatic rings. The maximum atomic E-state index is 9.40. The van der Waals surface area contributed by atoms with Crippen LogP contribution in [0.3, 0.4) is 0 Å². The van der Waals surface area contributed by atoms with Gasteiger partial charge in [0.15, 0.2) is 5.79 Å². The normalized spacial score (nSPS) is 21.9. The zero-order valence-electron chi connectivity index (χ0n) is 13.6. The van der Waals surface area contributed by atoms with Crippen LogP contribution in [0.2, 0.25) is 0 Å². The molecule has 0 amide bonds. The third-order valence-corrected chi connectivity index (χ3v) is 5.04. The van der Waals surface area contributed by atoms with Crippen molar-refractivity contribution >= 4 is 0 Å². The molecule has 1 aromatic carbocycles. The monoisotopic (exact) mass is 302 g/mol. The van der Waals surface area contributed by atoms with E-state index >= 15 is 0 Å². The molecule has 22 heavy (non-hydrogen) atoms. The topological polar surface area (TPSA) is 38.7 Å². The molecular weight excluding hydrogens is 276 g/mol. The molecule has 0 bridgehead atoms. The van der Waals surface area contributed by atoms with Crippen molar-refractivity contribution in [2.75, 3.05) is 13.2 Å². The summed E-state index contributed by atoms with van der Waals surface area (Å²) in [5.41, 5.74) is 5.01. The standard InChI is InChI=1S/C19H26O3/c1-14-3-4-16(12-18(14)13-20)11-15(2)17-5-7-19(8-6-17)21-9-10-22-19/h3-5,12,15,20H,6-11,13H2,1-2H3. The first kappa shape index (κ1) is 15.7. The molecule has 120 valence electrons. The summed E-state index contributed by atoms with van der Waals surface area (Å²) in [7, 11) is 0. The number of hydrogen-bond acceptors (Lipinski definition) is 3. The van der Waals surface area contributed by atoms with Crippen molar-refractivity contribution in [1.82, 2.24) is 0 Å². The summed E-state index contributed by atoms with van der Waals surface area (Å²) in [5.74, 6) is 0.199. The van der Waals surface area contributed by atoms with Gasteiger partial charge in [-0.1, -0.05) is 36.8 Å². The number of aryl methyl sites for hydroxylation is 1. The highest BCUT2D eigenvalue weighted by atomic mass is 16.7. The van der Waals surface area contributed by atoms with Crippen LogP contribution in [0.4, 0.5) is 0 Å². The number of rotatable bonds is 4. The lowest BCUT2D eigenvalue weighted by Crippen LogP contribution is -2.32. The van der Waals surface area contributed by atoms with E-state index < -0.39 is 0 Å². The molecule has 1 aliphatic heterocycles. The Morgan fingerprint density at radius 2 is 2.05 bits per heavy atom. The quantitative estimate of drug-likeness (QED) is 0.865. The van der Waals surface area contributed by atoms with Gasteiger partial charge in [0.2, 0.25) is 0 Å². The number of hydrogen-bond donors (Lipinski definition) is 1. The molecule has 1 aliphatic carbocycles. The van der Waals surface area contributed by atoms with E-state index in [0.29, 0.717) is 5.92 Å². The highest BCUT2D eigenvalue weighted by Crippen LogP contribution is 2.37. The SMILES string of the molecule is Cc1ccc(CC(C)C2=CCC3(CC2)OCCO3)cc1CO. The Kier molecular flexibility index (Phi) is 4.67. The summed E-state index contributed by atoms with van der Waals surface area (Å²) >= 11 is 0. The van der Waals surface area contributed by atoms with Crippen LogP contribution in [0.15, 0.2) is 29.8 Å². The summed E-state index contributed by atoms with van der Waals surface area (Å²) in [6, 6.07) is 6.43. The van der Waals surface area contributed by atoms with Gasteiger partial charge >= 0.3 is 0 Å². The molecule has 1 aromatic rings. The van der Waals surface area contributed by atoms with Gasteiger partial charge in [0.05, 0.1) is 19.8 Å². The van der Waals surface area contributed by atoms with Crippen LogP contribution in [0.25, 0.3) is 0 Å². The second-order valence-corrected chi connectivity index (χ2v) is 6.61. The zero-order valence-corrected chi connectivity index (χ0v) is 13.6. The van der Waals surface area contributed by atoms with Crippen molar-refractivity contribution in [2.24, 2.45) is 5.92 Å². The second kappa shape index (κ2) is 6.53. The zero-order chi connectivity index (χ0) is 15.6. The molecule has 0 radical (unpaired) electrons. The van der Waals surface area contributed by atoms with Crippen LogP contribution in [-0.4, -0.2) is 24.1 Å². The highest BCUT2D eigenvalue weighted by Gasteiger charge is 2.38. The Hall–Kier alpha value is -1.16. The second-order valence-electron chi connectivity index (χ2n) is 6.61. The predicted molar refractivity (Wildman–Crippen MR) is 86.5 cm³/mol. The largest absolute Gasteiger partial charge is 0.392 e. The molecular formula is C19H26O3. The molecule has 1 fully saturated rings. The average molecular weight is 302 g/mol. The van der Waals surface area contributed by atoms with Gasteiger partial charge in [-0.15, -0.1) is 0 Å². The van der Waals surface area contributed by atoms with Gasteiger partial charge in [-0.3, -0.25) is 0 Å². The van der Waals surface area contributed by atoms with Crippen molar-refractivity contribution < 1.29 is 14.6 Å². The smallest absolute Gasteiger partial charge is 0.172 e. The number of aliphatic hydroxyl groups is 1. The van der Waals surface area contributed by atoms with Gasteiger partial charge < -0.3 is 14.6 Å². The van der Waals surface area contributed by atoms with Gasteiger partial charge in [-0.25, -0.2) is 0 Å². The lowest BCUT2D eigenvalue weighted by molar-refractivity contribution is -0.161. The first-order valence-corrected chi connectivity index (χ1v) is 8.28. The van der Waals surface area contributed by atoms with Crippen molar-refractivity contribution in [3.8, 4) is 0 Å². The summed E-state index contributed by atoms with van der Waals surface area (Å²) < 4.78 is 11.6. The number of allylic oxidation sites excluding steroid dienone is 1. The third-order valence-electron chi connectivity index (χ3n) is 5.04. The molecule has 1 saturated heterocycles. The fraction of sp³-hybridized carbons (Fsp3) is 0.579.